The van der Waals surface area contributed by atoms with Crippen molar-refractivity contribution in [2.24, 2.45) is 0 Å². The smallest absolute Gasteiger partial charge is 0.241 e. The van der Waals surface area contributed by atoms with E-state index in [4.69, 9.17) is 11.6 Å². The molecule has 0 bridgehead atoms. The molecule has 0 aliphatic carbocycles. The average Bonchev–Trinajstić information content (AvgIpc) is 3.17. The molecule has 3 aromatic heterocycles. The van der Waals surface area contributed by atoms with E-state index in [1.165, 1.54) is 4.88 Å². The van der Waals surface area contributed by atoms with Crippen LogP contribution in [0.2, 0.25) is 5.28 Å². The molecule has 0 aliphatic rings. The lowest BCUT2D eigenvalue weighted by Gasteiger charge is -2.24. The van der Waals surface area contributed by atoms with Gasteiger partial charge in [-0.2, -0.15) is 15.0 Å². The molecule has 6 nitrogen and oxygen atoms in total. The van der Waals surface area contributed by atoms with Crippen molar-refractivity contribution < 1.29 is 0 Å². The van der Waals surface area contributed by atoms with Gasteiger partial charge in [-0.15, -0.1) is 11.3 Å². The number of halogens is 1. The van der Waals surface area contributed by atoms with Gasteiger partial charge in [-0.25, -0.2) is 4.98 Å². The maximum Gasteiger partial charge on any atom is 0.241 e. The summed E-state index contributed by atoms with van der Waals surface area (Å²) >= 11 is 7.72. The van der Waals surface area contributed by atoms with Gasteiger partial charge in [0.2, 0.25) is 17.2 Å². The summed E-state index contributed by atoms with van der Waals surface area (Å²) in [6, 6.07) is 4.27. The highest BCUT2D eigenvalue weighted by atomic mass is 35.5. The summed E-state index contributed by atoms with van der Waals surface area (Å²) in [6.07, 6.45) is 5.05. The van der Waals surface area contributed by atoms with Gasteiger partial charge < -0.3 is 4.90 Å². The Morgan fingerprint density at radius 2 is 2.19 bits per heavy atom. The van der Waals surface area contributed by atoms with E-state index in [1.807, 2.05) is 18.0 Å². The van der Waals surface area contributed by atoms with Gasteiger partial charge >= 0.3 is 0 Å². The fourth-order valence-electron chi connectivity index (χ4n) is 1.87. The number of imidazole rings is 1. The quantitative estimate of drug-likeness (QED) is 0.739. The number of nitrogens with zero attached hydrogens (tertiary/aromatic N) is 6. The van der Waals surface area contributed by atoms with Crippen LogP contribution in [0.25, 0.3) is 5.95 Å². The minimum atomic E-state index is 0.152. The van der Waals surface area contributed by atoms with E-state index in [2.05, 4.69) is 38.3 Å². The Hall–Kier alpha value is -1.99. The summed E-state index contributed by atoms with van der Waals surface area (Å²) in [5, 5.41) is 2.21. The van der Waals surface area contributed by atoms with E-state index in [-0.39, 0.29) is 11.3 Å². The van der Waals surface area contributed by atoms with E-state index in [9.17, 15) is 0 Å². The first kappa shape index (κ1) is 14.0. The minimum absolute atomic E-state index is 0.152. The van der Waals surface area contributed by atoms with Crippen LogP contribution >= 0.6 is 22.9 Å². The molecule has 0 saturated carbocycles. The van der Waals surface area contributed by atoms with E-state index in [1.54, 1.807) is 34.6 Å². The first-order valence-corrected chi connectivity index (χ1v) is 7.57. The fraction of sp³-hybridized carbons (Fsp3) is 0.231. The third-order valence-corrected chi connectivity index (χ3v) is 4.38. The molecule has 8 heteroatoms. The lowest BCUT2D eigenvalue weighted by molar-refractivity contribution is 0.717. The number of rotatable bonds is 4. The van der Waals surface area contributed by atoms with E-state index >= 15 is 0 Å². The van der Waals surface area contributed by atoms with Crippen LogP contribution in [-0.2, 0) is 0 Å². The van der Waals surface area contributed by atoms with Crippen LogP contribution in [-0.4, -0.2) is 31.6 Å². The highest BCUT2D eigenvalue weighted by molar-refractivity contribution is 7.10. The predicted octanol–water partition coefficient (Wildman–Crippen LogP) is 2.97. The Morgan fingerprint density at radius 1 is 1.33 bits per heavy atom. The molecule has 0 amide bonds. The van der Waals surface area contributed by atoms with Gasteiger partial charge in [0.05, 0.1) is 6.04 Å². The molecule has 108 valence electrons. The molecule has 0 aliphatic heterocycles. The summed E-state index contributed by atoms with van der Waals surface area (Å²) in [5.41, 5.74) is 0. The zero-order valence-electron chi connectivity index (χ0n) is 11.5. The number of hydrogen-bond donors (Lipinski definition) is 0. The van der Waals surface area contributed by atoms with E-state index in [0.29, 0.717) is 11.9 Å². The Kier molecular flexibility index (Phi) is 3.85. The fourth-order valence-corrected chi connectivity index (χ4v) is 2.85. The second-order valence-corrected chi connectivity index (χ2v) is 5.79. The lowest BCUT2D eigenvalue weighted by atomic mass is 10.2. The highest BCUT2D eigenvalue weighted by Gasteiger charge is 2.17. The van der Waals surface area contributed by atoms with Gasteiger partial charge in [-0.1, -0.05) is 6.07 Å². The molecule has 0 fully saturated rings. The molecular formula is C13H13ClN6S. The van der Waals surface area contributed by atoms with Gasteiger partial charge in [0.15, 0.2) is 0 Å². The summed E-state index contributed by atoms with van der Waals surface area (Å²) < 4.78 is 1.70. The van der Waals surface area contributed by atoms with Gasteiger partial charge in [-0.3, -0.25) is 4.57 Å². The number of thiophene rings is 1. The van der Waals surface area contributed by atoms with Crippen molar-refractivity contribution in [1.82, 2.24) is 24.5 Å². The molecule has 0 aromatic carbocycles. The normalized spacial score (nSPS) is 12.3. The van der Waals surface area contributed by atoms with Crippen LogP contribution in [0.4, 0.5) is 5.95 Å². The number of aromatic nitrogens is 5. The zero-order chi connectivity index (χ0) is 14.8. The first-order valence-electron chi connectivity index (χ1n) is 6.31. The van der Waals surface area contributed by atoms with Crippen molar-refractivity contribution in [2.75, 3.05) is 11.9 Å². The van der Waals surface area contributed by atoms with Crippen LogP contribution < -0.4 is 4.90 Å². The molecule has 3 rings (SSSR count). The van der Waals surface area contributed by atoms with Crippen molar-refractivity contribution >= 4 is 28.9 Å². The minimum Gasteiger partial charge on any atom is -0.336 e. The summed E-state index contributed by atoms with van der Waals surface area (Å²) in [5.74, 6) is 0.979. The molecule has 1 atom stereocenters. The second kappa shape index (κ2) is 5.79. The Bertz CT molecular complexity index is 712. The van der Waals surface area contributed by atoms with Crippen molar-refractivity contribution in [1.29, 1.82) is 0 Å². The Labute approximate surface area is 131 Å². The van der Waals surface area contributed by atoms with Crippen LogP contribution in [0.3, 0.4) is 0 Å². The van der Waals surface area contributed by atoms with Crippen molar-refractivity contribution in [2.45, 2.75) is 13.0 Å². The molecule has 0 N–H and O–H groups in total. The van der Waals surface area contributed by atoms with Crippen LogP contribution in [0.15, 0.2) is 36.2 Å². The van der Waals surface area contributed by atoms with E-state index < -0.39 is 0 Å². The Morgan fingerprint density at radius 3 is 2.86 bits per heavy atom. The maximum absolute atomic E-state index is 6.02. The third kappa shape index (κ3) is 2.88. The van der Waals surface area contributed by atoms with Gasteiger partial charge in [0.1, 0.15) is 6.33 Å². The largest absolute Gasteiger partial charge is 0.336 e. The van der Waals surface area contributed by atoms with E-state index in [0.717, 1.165) is 0 Å². The molecule has 3 heterocycles. The monoisotopic (exact) mass is 320 g/mol. The molecule has 1 unspecified atom stereocenters. The molecule has 0 radical (unpaired) electrons. The lowest BCUT2D eigenvalue weighted by Crippen LogP contribution is -2.24. The summed E-state index contributed by atoms with van der Waals surface area (Å²) in [6.45, 7) is 2.10. The van der Waals surface area contributed by atoms with Crippen molar-refractivity contribution in [3.05, 3.63) is 46.4 Å². The SMILES string of the molecule is CC(c1cccs1)N(C)c1nc(Cl)nc(-n2ccnc2)n1. The third-order valence-electron chi connectivity index (χ3n) is 3.17. The second-order valence-electron chi connectivity index (χ2n) is 4.48. The molecule has 3 aromatic rings. The average molecular weight is 321 g/mol. The van der Waals surface area contributed by atoms with Crippen molar-refractivity contribution in [3.8, 4) is 5.95 Å². The molecule has 21 heavy (non-hydrogen) atoms. The molecular weight excluding hydrogens is 308 g/mol. The predicted molar refractivity (Wildman–Crippen MR) is 83.1 cm³/mol. The van der Waals surface area contributed by atoms with Crippen LogP contribution in [0.5, 0.6) is 0 Å². The van der Waals surface area contributed by atoms with Gasteiger partial charge in [-0.05, 0) is 30.0 Å². The van der Waals surface area contributed by atoms with Gasteiger partial charge in [0.25, 0.3) is 0 Å². The standard InChI is InChI=1S/C13H13ClN6S/c1-9(10-4-3-7-21-10)19(2)12-16-11(14)17-13(18-12)20-6-5-15-8-20/h3-9H,1-2H3. The molecule has 0 saturated heterocycles. The Balaban J connectivity index is 1.95. The summed E-state index contributed by atoms with van der Waals surface area (Å²) in [7, 11) is 1.94. The van der Waals surface area contributed by atoms with Gasteiger partial charge in [0, 0.05) is 24.3 Å². The highest BCUT2D eigenvalue weighted by Crippen LogP contribution is 2.26. The topological polar surface area (TPSA) is 59.7 Å². The number of hydrogen-bond acceptors (Lipinski definition) is 6. The first-order chi connectivity index (χ1) is 10.1. The van der Waals surface area contributed by atoms with Crippen LogP contribution in [0, 0.1) is 0 Å². The van der Waals surface area contributed by atoms with Crippen LogP contribution in [0.1, 0.15) is 17.8 Å². The van der Waals surface area contributed by atoms with Crippen molar-refractivity contribution in [3.63, 3.8) is 0 Å². The maximum atomic E-state index is 6.02. The summed E-state index contributed by atoms with van der Waals surface area (Å²) in [4.78, 5) is 20.0. The zero-order valence-corrected chi connectivity index (χ0v) is 13.1. The molecule has 0 spiro atoms. The number of anilines is 1.